The number of carbonyl (C=O) groups excluding carboxylic acids is 1. The molecule has 0 saturated heterocycles. The van der Waals surface area contributed by atoms with Gasteiger partial charge in [0.15, 0.2) is 0 Å². The monoisotopic (exact) mass is 312 g/mol. The van der Waals surface area contributed by atoms with Crippen molar-refractivity contribution in [1.29, 1.82) is 0 Å². The number of carbonyl (C=O) groups is 1. The van der Waals surface area contributed by atoms with E-state index in [0.717, 1.165) is 22.5 Å². The number of aryl methyl sites for hydroxylation is 1. The van der Waals surface area contributed by atoms with Gasteiger partial charge in [0.1, 0.15) is 6.54 Å². The van der Waals surface area contributed by atoms with E-state index in [2.05, 4.69) is 19.2 Å². The normalized spacial score (nSPS) is 11.5. The molecule has 118 valence electrons. The molecule has 0 heterocycles. The van der Waals surface area contributed by atoms with E-state index in [-0.39, 0.29) is 12.5 Å². The molecule has 1 rings (SSSR count). The van der Waals surface area contributed by atoms with Crippen molar-refractivity contribution in [2.75, 3.05) is 23.7 Å². The Hall–Kier alpha value is -1.56. The van der Waals surface area contributed by atoms with Crippen LogP contribution in [-0.2, 0) is 14.8 Å². The van der Waals surface area contributed by atoms with Gasteiger partial charge in [0, 0.05) is 6.54 Å². The molecule has 0 aliphatic heterocycles. The van der Waals surface area contributed by atoms with E-state index >= 15 is 0 Å². The summed E-state index contributed by atoms with van der Waals surface area (Å²) >= 11 is 0. The second-order valence-corrected chi connectivity index (χ2v) is 7.55. The number of anilines is 1. The van der Waals surface area contributed by atoms with Gasteiger partial charge in [-0.05, 0) is 37.0 Å². The summed E-state index contributed by atoms with van der Waals surface area (Å²) in [7, 11) is -3.50. The molecule has 0 fully saturated rings. The molecule has 0 radical (unpaired) electrons. The van der Waals surface area contributed by atoms with Crippen LogP contribution in [0.15, 0.2) is 24.3 Å². The number of benzene rings is 1. The van der Waals surface area contributed by atoms with Gasteiger partial charge in [0.05, 0.1) is 11.9 Å². The van der Waals surface area contributed by atoms with Crippen molar-refractivity contribution >= 4 is 21.6 Å². The molecule has 0 aliphatic carbocycles. The first-order chi connectivity index (χ1) is 9.70. The van der Waals surface area contributed by atoms with Crippen molar-refractivity contribution in [1.82, 2.24) is 5.32 Å². The summed E-state index contributed by atoms with van der Waals surface area (Å²) in [6, 6.07) is 7.10. The van der Waals surface area contributed by atoms with E-state index in [1.807, 2.05) is 13.0 Å². The second-order valence-electron chi connectivity index (χ2n) is 5.64. The van der Waals surface area contributed by atoms with Crippen LogP contribution in [0.2, 0.25) is 0 Å². The molecule has 0 aromatic heterocycles. The molecule has 0 atom stereocenters. The highest BCUT2D eigenvalue weighted by Crippen LogP contribution is 2.18. The average molecular weight is 312 g/mol. The molecule has 0 saturated carbocycles. The van der Waals surface area contributed by atoms with Crippen LogP contribution in [-0.4, -0.2) is 33.7 Å². The SMILES string of the molecule is Cc1cccc(N(CC(=O)NCCC(C)C)S(C)(=O)=O)c1. The van der Waals surface area contributed by atoms with Crippen molar-refractivity contribution < 1.29 is 13.2 Å². The van der Waals surface area contributed by atoms with Gasteiger partial charge in [-0.25, -0.2) is 8.42 Å². The second kappa shape index (κ2) is 7.45. The summed E-state index contributed by atoms with van der Waals surface area (Å²) in [5, 5.41) is 2.76. The fourth-order valence-electron chi connectivity index (χ4n) is 1.87. The van der Waals surface area contributed by atoms with Crippen molar-refractivity contribution in [2.45, 2.75) is 27.2 Å². The third-order valence-corrected chi connectivity index (χ3v) is 4.16. The molecule has 1 aromatic carbocycles. The van der Waals surface area contributed by atoms with Crippen LogP contribution < -0.4 is 9.62 Å². The zero-order valence-electron chi connectivity index (χ0n) is 13.1. The molecule has 0 bridgehead atoms. The number of nitrogens with zero attached hydrogens (tertiary/aromatic N) is 1. The zero-order valence-corrected chi connectivity index (χ0v) is 13.9. The Kier molecular flexibility index (Phi) is 6.20. The fraction of sp³-hybridized carbons (Fsp3) is 0.533. The van der Waals surface area contributed by atoms with Gasteiger partial charge in [0.2, 0.25) is 15.9 Å². The summed E-state index contributed by atoms with van der Waals surface area (Å²) in [5.41, 5.74) is 1.46. The molecule has 21 heavy (non-hydrogen) atoms. The Morgan fingerprint density at radius 1 is 1.33 bits per heavy atom. The summed E-state index contributed by atoms with van der Waals surface area (Å²) in [5.74, 6) is 0.204. The lowest BCUT2D eigenvalue weighted by Gasteiger charge is -2.22. The summed E-state index contributed by atoms with van der Waals surface area (Å²) in [6.45, 7) is 6.39. The lowest BCUT2D eigenvalue weighted by molar-refractivity contribution is -0.119. The first-order valence-electron chi connectivity index (χ1n) is 7.01. The summed E-state index contributed by atoms with van der Waals surface area (Å²) in [4.78, 5) is 11.9. The van der Waals surface area contributed by atoms with Crippen LogP contribution in [0.1, 0.15) is 25.8 Å². The summed E-state index contributed by atoms with van der Waals surface area (Å²) < 4.78 is 24.9. The van der Waals surface area contributed by atoms with Crippen molar-refractivity contribution in [3.63, 3.8) is 0 Å². The highest BCUT2D eigenvalue weighted by atomic mass is 32.2. The van der Waals surface area contributed by atoms with E-state index in [9.17, 15) is 13.2 Å². The Bertz CT molecular complexity index is 582. The van der Waals surface area contributed by atoms with E-state index < -0.39 is 10.0 Å². The molecule has 0 unspecified atom stereocenters. The van der Waals surface area contributed by atoms with Gasteiger partial charge in [-0.15, -0.1) is 0 Å². The van der Waals surface area contributed by atoms with Crippen LogP contribution in [0.5, 0.6) is 0 Å². The highest BCUT2D eigenvalue weighted by Gasteiger charge is 2.20. The molecular weight excluding hydrogens is 288 g/mol. The topological polar surface area (TPSA) is 66.5 Å². The summed E-state index contributed by atoms with van der Waals surface area (Å²) in [6.07, 6.45) is 1.98. The molecular formula is C15H24N2O3S. The standard InChI is InChI=1S/C15H24N2O3S/c1-12(2)8-9-16-15(18)11-17(21(4,19)20)14-7-5-6-13(3)10-14/h5-7,10,12H,8-9,11H2,1-4H3,(H,16,18). The Balaban J connectivity index is 2.79. The molecule has 6 heteroatoms. The van der Waals surface area contributed by atoms with Gasteiger partial charge in [-0.3, -0.25) is 9.10 Å². The van der Waals surface area contributed by atoms with Gasteiger partial charge in [0.25, 0.3) is 0 Å². The Labute approximate surface area is 127 Å². The number of hydrogen-bond donors (Lipinski definition) is 1. The Morgan fingerprint density at radius 2 is 2.00 bits per heavy atom. The van der Waals surface area contributed by atoms with Crippen molar-refractivity contribution in [3.05, 3.63) is 29.8 Å². The maximum Gasteiger partial charge on any atom is 0.240 e. The Morgan fingerprint density at radius 3 is 2.52 bits per heavy atom. The lowest BCUT2D eigenvalue weighted by atomic mass is 10.1. The van der Waals surface area contributed by atoms with Crippen LogP contribution in [0.4, 0.5) is 5.69 Å². The fourth-order valence-corrected chi connectivity index (χ4v) is 2.72. The van der Waals surface area contributed by atoms with Gasteiger partial charge in [-0.1, -0.05) is 26.0 Å². The number of hydrogen-bond acceptors (Lipinski definition) is 3. The molecule has 5 nitrogen and oxygen atoms in total. The number of rotatable bonds is 7. The maximum atomic E-state index is 11.9. The van der Waals surface area contributed by atoms with E-state index in [4.69, 9.17) is 0 Å². The lowest BCUT2D eigenvalue weighted by Crippen LogP contribution is -2.40. The highest BCUT2D eigenvalue weighted by molar-refractivity contribution is 7.92. The third kappa shape index (κ3) is 6.16. The van der Waals surface area contributed by atoms with Crippen LogP contribution in [0.25, 0.3) is 0 Å². The van der Waals surface area contributed by atoms with Crippen molar-refractivity contribution in [3.8, 4) is 0 Å². The van der Waals surface area contributed by atoms with Crippen LogP contribution in [0, 0.1) is 12.8 Å². The van der Waals surface area contributed by atoms with Gasteiger partial charge >= 0.3 is 0 Å². The molecule has 0 aliphatic rings. The average Bonchev–Trinajstić information content (AvgIpc) is 2.34. The molecule has 1 aromatic rings. The number of nitrogens with one attached hydrogen (secondary N) is 1. The smallest absolute Gasteiger partial charge is 0.240 e. The van der Waals surface area contributed by atoms with Gasteiger partial charge in [-0.2, -0.15) is 0 Å². The first kappa shape index (κ1) is 17.5. The van der Waals surface area contributed by atoms with Crippen LogP contribution >= 0.6 is 0 Å². The third-order valence-electron chi connectivity index (χ3n) is 3.02. The van der Waals surface area contributed by atoms with E-state index in [1.54, 1.807) is 18.2 Å². The minimum absolute atomic E-state index is 0.194. The quantitative estimate of drug-likeness (QED) is 0.836. The molecule has 1 N–H and O–H groups in total. The minimum Gasteiger partial charge on any atom is -0.355 e. The zero-order chi connectivity index (χ0) is 16.0. The molecule has 0 spiro atoms. The maximum absolute atomic E-state index is 11.9. The first-order valence-corrected chi connectivity index (χ1v) is 8.86. The van der Waals surface area contributed by atoms with E-state index in [0.29, 0.717) is 18.2 Å². The number of amides is 1. The van der Waals surface area contributed by atoms with Crippen molar-refractivity contribution in [2.24, 2.45) is 5.92 Å². The van der Waals surface area contributed by atoms with Gasteiger partial charge < -0.3 is 5.32 Å². The predicted molar refractivity (Wildman–Crippen MR) is 85.8 cm³/mol. The van der Waals surface area contributed by atoms with Crippen LogP contribution in [0.3, 0.4) is 0 Å². The molecule has 1 amide bonds. The largest absolute Gasteiger partial charge is 0.355 e. The predicted octanol–water partition coefficient (Wildman–Crippen LogP) is 1.92. The minimum atomic E-state index is -3.50. The number of sulfonamides is 1. The van der Waals surface area contributed by atoms with E-state index in [1.165, 1.54) is 0 Å².